The lowest BCUT2D eigenvalue weighted by atomic mass is 9.88. The second kappa shape index (κ2) is 7.99. The maximum Gasteiger partial charge on any atom is 0.234 e. The summed E-state index contributed by atoms with van der Waals surface area (Å²) in [7, 11) is 0. The van der Waals surface area contributed by atoms with E-state index in [1.54, 1.807) is 0 Å². The average molecular weight is 281 g/mol. The molecule has 1 atom stereocenters. The quantitative estimate of drug-likeness (QED) is 0.777. The molecule has 2 aliphatic heterocycles. The van der Waals surface area contributed by atoms with Gasteiger partial charge in [-0.05, 0) is 63.6 Å². The van der Waals surface area contributed by atoms with Crippen LogP contribution in [0, 0.1) is 11.8 Å². The summed E-state index contributed by atoms with van der Waals surface area (Å²) in [5.74, 6) is 1.69. The Morgan fingerprint density at radius 2 is 2.05 bits per heavy atom. The monoisotopic (exact) mass is 281 g/mol. The molecule has 4 nitrogen and oxygen atoms in total. The molecule has 2 fully saturated rings. The number of hydrogen-bond donors (Lipinski definition) is 2. The minimum atomic E-state index is 0.197. The highest BCUT2D eigenvalue weighted by atomic mass is 16.2. The number of nitrogens with zero attached hydrogens (tertiary/aromatic N) is 1. The summed E-state index contributed by atoms with van der Waals surface area (Å²) in [5.41, 5.74) is 0. The Hall–Kier alpha value is -0.610. The standard InChI is InChI=1S/C16H31N3O/c1-13(2)5-9-18-16(20)12-19-10-6-14(7-11-19)15-4-3-8-17-15/h13-15,17H,3-12H2,1-2H3,(H,18,20). The normalized spacial score (nSPS) is 25.2. The molecule has 2 aliphatic rings. The summed E-state index contributed by atoms with van der Waals surface area (Å²) in [6.45, 7) is 9.15. The van der Waals surface area contributed by atoms with Gasteiger partial charge in [0.05, 0.1) is 6.54 Å². The van der Waals surface area contributed by atoms with Crippen molar-refractivity contribution in [3.63, 3.8) is 0 Å². The zero-order valence-electron chi connectivity index (χ0n) is 13.2. The maximum absolute atomic E-state index is 11.9. The van der Waals surface area contributed by atoms with Crippen molar-refractivity contribution in [2.45, 2.75) is 52.0 Å². The molecule has 0 aromatic heterocycles. The Balaban J connectivity index is 1.60. The number of likely N-dealkylation sites (tertiary alicyclic amines) is 1. The van der Waals surface area contributed by atoms with Crippen LogP contribution >= 0.6 is 0 Å². The third-order valence-corrected chi connectivity index (χ3v) is 4.71. The molecule has 2 N–H and O–H groups in total. The van der Waals surface area contributed by atoms with E-state index in [0.717, 1.165) is 38.0 Å². The second-order valence-electron chi connectivity index (χ2n) is 6.85. The molecule has 1 amide bonds. The molecule has 0 aliphatic carbocycles. The molecule has 0 aromatic rings. The van der Waals surface area contributed by atoms with Crippen molar-refractivity contribution in [2.75, 3.05) is 32.7 Å². The minimum absolute atomic E-state index is 0.197. The Bertz CT molecular complexity index is 292. The van der Waals surface area contributed by atoms with Crippen LogP contribution in [0.3, 0.4) is 0 Å². The first-order valence-electron chi connectivity index (χ1n) is 8.37. The molecule has 0 radical (unpaired) electrons. The fourth-order valence-electron chi connectivity index (χ4n) is 3.39. The van der Waals surface area contributed by atoms with Crippen LogP contribution in [0.5, 0.6) is 0 Å². The summed E-state index contributed by atoms with van der Waals surface area (Å²) >= 11 is 0. The summed E-state index contributed by atoms with van der Waals surface area (Å²) in [6, 6.07) is 0.747. The van der Waals surface area contributed by atoms with Crippen molar-refractivity contribution in [1.82, 2.24) is 15.5 Å². The Kier molecular flexibility index (Phi) is 6.30. The number of piperidine rings is 1. The van der Waals surface area contributed by atoms with Gasteiger partial charge in [0.15, 0.2) is 0 Å². The van der Waals surface area contributed by atoms with Crippen LogP contribution in [-0.2, 0) is 4.79 Å². The molecule has 2 heterocycles. The van der Waals surface area contributed by atoms with Gasteiger partial charge < -0.3 is 10.6 Å². The Labute approximate surface area is 123 Å². The van der Waals surface area contributed by atoms with Crippen LogP contribution in [0.25, 0.3) is 0 Å². The number of amides is 1. The fraction of sp³-hybridized carbons (Fsp3) is 0.938. The van der Waals surface area contributed by atoms with E-state index >= 15 is 0 Å². The van der Waals surface area contributed by atoms with Crippen LogP contribution in [0.1, 0.15) is 46.0 Å². The van der Waals surface area contributed by atoms with Crippen molar-refractivity contribution < 1.29 is 4.79 Å². The molecule has 0 aromatic carbocycles. The minimum Gasteiger partial charge on any atom is -0.355 e. The van der Waals surface area contributed by atoms with Gasteiger partial charge in [-0.3, -0.25) is 9.69 Å². The lowest BCUT2D eigenvalue weighted by Gasteiger charge is -2.34. The predicted molar refractivity (Wildman–Crippen MR) is 82.7 cm³/mol. The smallest absolute Gasteiger partial charge is 0.234 e. The van der Waals surface area contributed by atoms with Gasteiger partial charge in [-0.15, -0.1) is 0 Å². The lowest BCUT2D eigenvalue weighted by Crippen LogP contribution is -2.44. The topological polar surface area (TPSA) is 44.4 Å². The summed E-state index contributed by atoms with van der Waals surface area (Å²) in [6.07, 6.45) is 6.25. The van der Waals surface area contributed by atoms with Gasteiger partial charge in [0.1, 0.15) is 0 Å². The van der Waals surface area contributed by atoms with E-state index in [1.165, 1.54) is 32.2 Å². The molecule has 4 heteroatoms. The van der Waals surface area contributed by atoms with Crippen molar-refractivity contribution >= 4 is 5.91 Å². The van der Waals surface area contributed by atoms with Crippen molar-refractivity contribution in [3.05, 3.63) is 0 Å². The maximum atomic E-state index is 11.9. The number of carbonyl (C=O) groups excluding carboxylic acids is 1. The van der Waals surface area contributed by atoms with Gasteiger partial charge in [0.25, 0.3) is 0 Å². The van der Waals surface area contributed by atoms with E-state index in [9.17, 15) is 4.79 Å². The lowest BCUT2D eigenvalue weighted by molar-refractivity contribution is -0.122. The molecule has 20 heavy (non-hydrogen) atoms. The third-order valence-electron chi connectivity index (χ3n) is 4.71. The second-order valence-corrected chi connectivity index (χ2v) is 6.85. The first kappa shape index (κ1) is 15.8. The Morgan fingerprint density at radius 3 is 2.65 bits per heavy atom. The van der Waals surface area contributed by atoms with Gasteiger partial charge in [-0.2, -0.15) is 0 Å². The molecule has 2 rings (SSSR count). The SMILES string of the molecule is CC(C)CCNC(=O)CN1CCC(C2CCCN2)CC1. The predicted octanol–water partition coefficient (Wildman–Crippen LogP) is 1.61. The zero-order chi connectivity index (χ0) is 14.4. The third kappa shape index (κ3) is 5.06. The number of rotatable bonds is 6. The van der Waals surface area contributed by atoms with Crippen molar-refractivity contribution in [3.8, 4) is 0 Å². The molecule has 0 saturated carbocycles. The first-order valence-corrected chi connectivity index (χ1v) is 8.37. The van der Waals surface area contributed by atoms with Crippen LogP contribution in [-0.4, -0.2) is 49.6 Å². The number of nitrogens with one attached hydrogen (secondary N) is 2. The summed E-state index contributed by atoms with van der Waals surface area (Å²) in [5, 5.41) is 6.66. The number of hydrogen-bond acceptors (Lipinski definition) is 3. The average Bonchev–Trinajstić information content (AvgIpc) is 2.93. The summed E-state index contributed by atoms with van der Waals surface area (Å²) < 4.78 is 0. The van der Waals surface area contributed by atoms with Crippen LogP contribution in [0.4, 0.5) is 0 Å². The highest BCUT2D eigenvalue weighted by Gasteiger charge is 2.28. The van der Waals surface area contributed by atoms with Gasteiger partial charge in [0.2, 0.25) is 5.91 Å². The molecule has 0 bridgehead atoms. The van der Waals surface area contributed by atoms with Crippen molar-refractivity contribution in [2.24, 2.45) is 11.8 Å². The zero-order valence-corrected chi connectivity index (χ0v) is 13.2. The molecular weight excluding hydrogens is 250 g/mol. The van der Waals surface area contributed by atoms with E-state index in [1.807, 2.05) is 0 Å². The Morgan fingerprint density at radius 1 is 1.30 bits per heavy atom. The summed E-state index contributed by atoms with van der Waals surface area (Å²) in [4.78, 5) is 14.2. The van der Waals surface area contributed by atoms with E-state index in [4.69, 9.17) is 0 Å². The molecule has 0 spiro atoms. The van der Waals surface area contributed by atoms with Gasteiger partial charge in [-0.1, -0.05) is 13.8 Å². The van der Waals surface area contributed by atoms with Crippen molar-refractivity contribution in [1.29, 1.82) is 0 Å². The van der Waals surface area contributed by atoms with Crippen LogP contribution < -0.4 is 10.6 Å². The molecular formula is C16H31N3O. The first-order chi connectivity index (χ1) is 9.65. The molecule has 2 saturated heterocycles. The molecule has 1 unspecified atom stereocenters. The van der Waals surface area contributed by atoms with Crippen LogP contribution in [0.2, 0.25) is 0 Å². The largest absolute Gasteiger partial charge is 0.355 e. The van der Waals surface area contributed by atoms with E-state index in [0.29, 0.717) is 12.5 Å². The number of carbonyl (C=O) groups is 1. The highest BCUT2D eigenvalue weighted by Crippen LogP contribution is 2.25. The van der Waals surface area contributed by atoms with E-state index < -0.39 is 0 Å². The van der Waals surface area contributed by atoms with E-state index in [2.05, 4.69) is 29.4 Å². The van der Waals surface area contributed by atoms with Gasteiger partial charge in [0, 0.05) is 12.6 Å². The van der Waals surface area contributed by atoms with E-state index in [-0.39, 0.29) is 5.91 Å². The van der Waals surface area contributed by atoms with Crippen LogP contribution in [0.15, 0.2) is 0 Å². The highest BCUT2D eigenvalue weighted by molar-refractivity contribution is 5.77. The fourth-order valence-corrected chi connectivity index (χ4v) is 3.39. The van der Waals surface area contributed by atoms with Gasteiger partial charge in [-0.25, -0.2) is 0 Å². The van der Waals surface area contributed by atoms with Gasteiger partial charge >= 0.3 is 0 Å². The molecule has 116 valence electrons.